The standard InChI is InChI=1S/C15H22N4/c1-11(2)19-10-17-7-14(19)9-18-6-5-13(8-18)15(16)12-3-4-12/h5-8,10-12,15H,3-4,9,16H2,1-2H3. The van der Waals surface area contributed by atoms with Gasteiger partial charge in [0.15, 0.2) is 0 Å². The summed E-state index contributed by atoms with van der Waals surface area (Å²) in [5.41, 5.74) is 8.73. The maximum Gasteiger partial charge on any atom is 0.0951 e. The first-order chi connectivity index (χ1) is 9.15. The highest BCUT2D eigenvalue weighted by atomic mass is 15.1. The monoisotopic (exact) mass is 258 g/mol. The van der Waals surface area contributed by atoms with Crippen LogP contribution < -0.4 is 5.73 Å². The van der Waals surface area contributed by atoms with Crippen molar-refractivity contribution in [2.24, 2.45) is 11.7 Å². The minimum atomic E-state index is 0.219. The Balaban J connectivity index is 1.74. The van der Waals surface area contributed by atoms with Crippen molar-refractivity contribution >= 4 is 0 Å². The number of rotatable bonds is 5. The molecule has 19 heavy (non-hydrogen) atoms. The molecule has 0 radical (unpaired) electrons. The average molecular weight is 258 g/mol. The molecule has 2 heterocycles. The number of imidazole rings is 1. The van der Waals surface area contributed by atoms with Gasteiger partial charge in [0.25, 0.3) is 0 Å². The van der Waals surface area contributed by atoms with Crippen LogP contribution in [0.2, 0.25) is 0 Å². The Morgan fingerprint density at radius 3 is 2.89 bits per heavy atom. The zero-order valence-electron chi connectivity index (χ0n) is 11.7. The smallest absolute Gasteiger partial charge is 0.0951 e. The largest absolute Gasteiger partial charge is 0.348 e. The molecule has 2 N–H and O–H groups in total. The third-order valence-corrected chi connectivity index (χ3v) is 3.94. The van der Waals surface area contributed by atoms with Gasteiger partial charge in [0.1, 0.15) is 0 Å². The first-order valence-electron chi connectivity index (χ1n) is 7.07. The van der Waals surface area contributed by atoms with Crippen molar-refractivity contribution in [2.75, 3.05) is 0 Å². The molecule has 102 valence electrons. The molecule has 1 unspecified atom stereocenters. The van der Waals surface area contributed by atoms with Crippen LogP contribution >= 0.6 is 0 Å². The predicted molar refractivity (Wildman–Crippen MR) is 75.8 cm³/mol. The van der Waals surface area contributed by atoms with Crippen molar-refractivity contribution < 1.29 is 0 Å². The van der Waals surface area contributed by atoms with Crippen LogP contribution in [0.4, 0.5) is 0 Å². The van der Waals surface area contributed by atoms with Crippen LogP contribution in [0.3, 0.4) is 0 Å². The fraction of sp³-hybridized carbons (Fsp3) is 0.533. The van der Waals surface area contributed by atoms with Crippen LogP contribution in [-0.4, -0.2) is 14.1 Å². The molecule has 2 aromatic heterocycles. The molecule has 4 heteroatoms. The van der Waals surface area contributed by atoms with Crippen molar-refractivity contribution in [3.8, 4) is 0 Å². The van der Waals surface area contributed by atoms with E-state index in [2.05, 4.69) is 46.4 Å². The van der Waals surface area contributed by atoms with Gasteiger partial charge in [0.2, 0.25) is 0 Å². The predicted octanol–water partition coefficient (Wildman–Crippen LogP) is 2.72. The molecule has 3 rings (SSSR count). The summed E-state index contributed by atoms with van der Waals surface area (Å²) in [4.78, 5) is 4.24. The van der Waals surface area contributed by atoms with E-state index in [0.717, 1.165) is 6.54 Å². The summed E-state index contributed by atoms with van der Waals surface area (Å²) in [5.74, 6) is 0.706. The lowest BCUT2D eigenvalue weighted by Crippen LogP contribution is -2.12. The van der Waals surface area contributed by atoms with Crippen LogP contribution in [-0.2, 0) is 6.54 Å². The Morgan fingerprint density at radius 1 is 1.42 bits per heavy atom. The second-order valence-corrected chi connectivity index (χ2v) is 5.87. The molecule has 0 amide bonds. The molecule has 1 aliphatic rings. The lowest BCUT2D eigenvalue weighted by molar-refractivity contribution is 0.560. The Hall–Kier alpha value is -1.55. The number of hydrogen-bond donors (Lipinski definition) is 1. The van der Waals surface area contributed by atoms with Gasteiger partial charge in [-0.3, -0.25) is 0 Å². The Labute approximate surface area is 114 Å². The molecule has 4 nitrogen and oxygen atoms in total. The molecular formula is C15H22N4. The van der Waals surface area contributed by atoms with Gasteiger partial charge in [0.05, 0.1) is 18.6 Å². The molecule has 0 aromatic carbocycles. The van der Waals surface area contributed by atoms with E-state index in [1.54, 1.807) is 0 Å². The summed E-state index contributed by atoms with van der Waals surface area (Å²) in [6.07, 6.45) is 10.7. The number of nitrogens with two attached hydrogens (primary N) is 1. The summed E-state index contributed by atoms with van der Waals surface area (Å²) < 4.78 is 4.41. The lowest BCUT2D eigenvalue weighted by Gasteiger charge is -2.12. The van der Waals surface area contributed by atoms with Gasteiger partial charge in [-0.2, -0.15) is 0 Å². The SMILES string of the molecule is CC(C)n1cncc1Cn1ccc(C(N)C2CC2)c1. The van der Waals surface area contributed by atoms with Crippen molar-refractivity contribution in [2.45, 2.75) is 45.3 Å². The van der Waals surface area contributed by atoms with Gasteiger partial charge >= 0.3 is 0 Å². The quantitative estimate of drug-likeness (QED) is 0.896. The molecule has 0 saturated heterocycles. The highest BCUT2D eigenvalue weighted by molar-refractivity contribution is 5.18. The maximum atomic E-state index is 6.23. The van der Waals surface area contributed by atoms with E-state index in [1.807, 2.05) is 12.5 Å². The molecule has 0 bridgehead atoms. The number of hydrogen-bond acceptors (Lipinski definition) is 2. The molecule has 1 atom stereocenters. The molecule has 0 aliphatic heterocycles. The van der Waals surface area contributed by atoms with Crippen LogP contribution in [0.5, 0.6) is 0 Å². The number of nitrogens with zero attached hydrogens (tertiary/aromatic N) is 3. The summed E-state index contributed by atoms with van der Waals surface area (Å²) in [7, 11) is 0. The van der Waals surface area contributed by atoms with Crippen molar-refractivity contribution in [3.05, 3.63) is 42.2 Å². The molecule has 1 aliphatic carbocycles. The molecule has 1 saturated carbocycles. The average Bonchev–Trinajstić information content (AvgIpc) is 2.94. The van der Waals surface area contributed by atoms with E-state index in [1.165, 1.54) is 24.1 Å². The summed E-state index contributed by atoms with van der Waals surface area (Å²) in [5, 5.41) is 0. The fourth-order valence-corrected chi connectivity index (χ4v) is 2.59. The second-order valence-electron chi connectivity index (χ2n) is 5.87. The van der Waals surface area contributed by atoms with Gasteiger partial charge in [-0.05, 0) is 44.2 Å². The van der Waals surface area contributed by atoms with Gasteiger partial charge < -0.3 is 14.9 Å². The topological polar surface area (TPSA) is 48.8 Å². The van der Waals surface area contributed by atoms with E-state index >= 15 is 0 Å². The normalized spacial score (nSPS) is 17.1. The summed E-state index contributed by atoms with van der Waals surface area (Å²) in [6.45, 7) is 5.21. The van der Waals surface area contributed by atoms with E-state index in [9.17, 15) is 0 Å². The van der Waals surface area contributed by atoms with Crippen LogP contribution in [0.15, 0.2) is 31.0 Å². The highest BCUT2D eigenvalue weighted by Gasteiger charge is 2.29. The van der Waals surface area contributed by atoms with E-state index in [4.69, 9.17) is 5.73 Å². The zero-order chi connectivity index (χ0) is 13.4. The first-order valence-corrected chi connectivity index (χ1v) is 7.07. The molecule has 2 aromatic rings. The lowest BCUT2D eigenvalue weighted by atomic mass is 10.1. The van der Waals surface area contributed by atoms with Crippen LogP contribution in [0.1, 0.15) is 50.0 Å². The van der Waals surface area contributed by atoms with Crippen molar-refractivity contribution in [1.82, 2.24) is 14.1 Å². The number of aromatic nitrogens is 3. The van der Waals surface area contributed by atoms with Crippen molar-refractivity contribution in [3.63, 3.8) is 0 Å². The fourth-order valence-electron chi connectivity index (χ4n) is 2.59. The highest BCUT2D eigenvalue weighted by Crippen LogP contribution is 2.39. The van der Waals surface area contributed by atoms with E-state index in [-0.39, 0.29) is 6.04 Å². The Bertz CT molecular complexity index is 548. The molecule has 1 fully saturated rings. The second kappa shape index (κ2) is 4.85. The molecular weight excluding hydrogens is 236 g/mol. The van der Waals surface area contributed by atoms with E-state index < -0.39 is 0 Å². The van der Waals surface area contributed by atoms with Gasteiger partial charge in [-0.1, -0.05) is 0 Å². The summed E-state index contributed by atoms with van der Waals surface area (Å²) >= 11 is 0. The maximum absolute atomic E-state index is 6.23. The zero-order valence-corrected chi connectivity index (χ0v) is 11.7. The van der Waals surface area contributed by atoms with Crippen LogP contribution in [0, 0.1) is 5.92 Å². The van der Waals surface area contributed by atoms with Gasteiger partial charge in [-0.25, -0.2) is 4.98 Å². The van der Waals surface area contributed by atoms with Gasteiger partial charge in [-0.15, -0.1) is 0 Å². The van der Waals surface area contributed by atoms with Crippen molar-refractivity contribution in [1.29, 1.82) is 0 Å². The van der Waals surface area contributed by atoms with E-state index in [0.29, 0.717) is 12.0 Å². The third-order valence-electron chi connectivity index (χ3n) is 3.94. The minimum absolute atomic E-state index is 0.219. The first kappa shape index (κ1) is 12.5. The Kier molecular flexibility index (Phi) is 3.19. The minimum Gasteiger partial charge on any atom is -0.348 e. The van der Waals surface area contributed by atoms with Crippen LogP contribution in [0.25, 0.3) is 0 Å². The Morgan fingerprint density at radius 2 is 2.21 bits per heavy atom. The molecule has 0 spiro atoms. The summed E-state index contributed by atoms with van der Waals surface area (Å²) in [6, 6.07) is 2.82. The third kappa shape index (κ3) is 2.59. The van der Waals surface area contributed by atoms with Gasteiger partial charge in [0, 0.05) is 30.7 Å².